The molecular formula is C77H120BCl3N2O2. The van der Waals surface area contributed by atoms with Gasteiger partial charge in [-0.1, -0.05) is 305 Å². The molecule has 5 aromatic rings. The predicted octanol–water partition coefficient (Wildman–Crippen LogP) is 19.1. The van der Waals surface area contributed by atoms with Gasteiger partial charge in [0.25, 0.3) is 0 Å². The van der Waals surface area contributed by atoms with Gasteiger partial charge in [0.1, 0.15) is 0 Å². The van der Waals surface area contributed by atoms with Crippen molar-refractivity contribution >= 4 is 41.9 Å². The van der Waals surface area contributed by atoms with E-state index < -0.39 is 12.5 Å². The van der Waals surface area contributed by atoms with Crippen LogP contribution >= 0.6 is 34.8 Å². The highest BCUT2D eigenvalue weighted by atomic mass is 35.5. The second kappa shape index (κ2) is 48.8. The van der Waals surface area contributed by atoms with E-state index in [2.05, 4.69) is 107 Å². The molecule has 0 radical (unpaired) electrons. The number of unbranched alkanes of at least 4 members (excludes halogenated alkanes) is 30. The van der Waals surface area contributed by atoms with E-state index in [9.17, 15) is 10.0 Å². The Morgan fingerprint density at radius 1 is 0.329 bits per heavy atom. The average molecular weight is 1220 g/mol. The molecule has 0 saturated carbocycles. The first kappa shape index (κ1) is 76.1. The molecule has 0 bridgehead atoms. The summed E-state index contributed by atoms with van der Waals surface area (Å²) in [7, 11) is 7.26. The Morgan fingerprint density at radius 2 is 0.588 bits per heavy atom. The topological polar surface area (TPSA) is 55.0 Å². The molecule has 0 saturated heterocycles. The lowest BCUT2D eigenvalue weighted by atomic mass is 9.66. The van der Waals surface area contributed by atoms with Crippen LogP contribution in [0.3, 0.4) is 0 Å². The van der Waals surface area contributed by atoms with Gasteiger partial charge < -0.3 is 19.8 Å². The van der Waals surface area contributed by atoms with E-state index in [-0.39, 0.29) is 6.32 Å². The van der Waals surface area contributed by atoms with Crippen molar-refractivity contribution in [1.82, 2.24) is 0 Å². The monoisotopic (exact) mass is 1220 g/mol. The first-order chi connectivity index (χ1) is 41.2. The standard InChI is InChI=1S/C27H28BCl3O2.2C25H45N/c1-18-7-10-21(15-24(18)29)27(13-5-4-6-14-28(32)33,22-11-8-19(2)25(30)16-22)23-12-9-20(3)26(31)17-23;2*1-26(2)24-20-15-13-11-9-7-5-3-4-6-8-10-12-14-17-21-25-22-18-16-19-23-25/h7-12,15-17H,4-6,13-14H2,1-3H3;2*16,18-19,22-23H,3-15,17,20-21,24H2,1-2H3/q-2;;/p+2. The fourth-order valence-corrected chi connectivity index (χ4v) is 12.4. The fraction of sp³-hybridized carbons (Fsp3) is 0.610. The summed E-state index contributed by atoms with van der Waals surface area (Å²) >= 11 is 19.8. The zero-order valence-electron chi connectivity index (χ0n) is 55.1. The van der Waals surface area contributed by atoms with Gasteiger partial charge in [-0.15, -0.1) is 13.4 Å². The molecule has 5 rings (SSSR count). The first-order valence-electron chi connectivity index (χ1n) is 34.5. The van der Waals surface area contributed by atoms with Crippen LogP contribution in [0.4, 0.5) is 0 Å². The normalized spacial score (nSPS) is 11.5. The quantitative estimate of drug-likeness (QED) is 0.0232. The van der Waals surface area contributed by atoms with Crippen LogP contribution in [0.1, 0.15) is 263 Å². The maximum absolute atomic E-state index is 11.0. The van der Waals surface area contributed by atoms with Gasteiger partial charge in [0.2, 0.25) is 0 Å². The van der Waals surface area contributed by atoms with Crippen molar-refractivity contribution in [2.75, 3.05) is 41.3 Å². The molecule has 8 heteroatoms. The number of quaternary nitrogens is 2. The van der Waals surface area contributed by atoms with E-state index in [0.29, 0.717) is 21.5 Å². The van der Waals surface area contributed by atoms with Crippen molar-refractivity contribution < 1.29 is 19.8 Å². The van der Waals surface area contributed by atoms with Crippen molar-refractivity contribution in [3.8, 4) is 0 Å². The lowest BCUT2D eigenvalue weighted by Crippen LogP contribution is -3.05. The van der Waals surface area contributed by atoms with Crippen LogP contribution < -0.4 is 19.8 Å². The minimum atomic E-state index is -1.77. The molecule has 0 spiro atoms. The highest BCUT2D eigenvalue weighted by molar-refractivity contribution is 6.36. The number of halogens is 3. The van der Waals surface area contributed by atoms with E-state index in [1.807, 2.05) is 57.2 Å². The molecule has 0 fully saturated rings. The second-order valence-electron chi connectivity index (χ2n) is 25.8. The Balaban J connectivity index is 0.000000338. The number of rotatable bonds is 45. The van der Waals surface area contributed by atoms with E-state index >= 15 is 0 Å². The third-order valence-corrected chi connectivity index (χ3v) is 18.7. The lowest BCUT2D eigenvalue weighted by molar-refractivity contribution is -0.858. The van der Waals surface area contributed by atoms with E-state index in [0.717, 1.165) is 52.6 Å². The number of hydrogen-bond acceptors (Lipinski definition) is 2. The van der Waals surface area contributed by atoms with E-state index in [1.54, 1.807) is 9.80 Å². The average Bonchev–Trinajstić information content (AvgIpc) is 1.10. The van der Waals surface area contributed by atoms with Crippen LogP contribution in [0.25, 0.3) is 0 Å². The van der Waals surface area contributed by atoms with Crippen LogP contribution in [0.2, 0.25) is 21.4 Å². The van der Waals surface area contributed by atoms with E-state index in [1.165, 1.54) is 230 Å². The molecule has 0 aromatic heterocycles. The largest absolute Gasteiger partial charge is 0.893 e. The smallest absolute Gasteiger partial charge is 0.0766 e. The van der Waals surface area contributed by atoms with Crippen LogP contribution in [-0.4, -0.2) is 48.4 Å². The molecule has 0 amide bonds. The van der Waals surface area contributed by atoms with Gasteiger partial charge in [0.05, 0.1) is 41.3 Å². The summed E-state index contributed by atoms with van der Waals surface area (Å²) < 4.78 is 0. The molecule has 0 atom stereocenters. The van der Waals surface area contributed by atoms with Gasteiger partial charge in [-0.25, -0.2) is 0 Å². The van der Waals surface area contributed by atoms with Gasteiger partial charge in [-0.05, 0) is 141 Å². The summed E-state index contributed by atoms with van der Waals surface area (Å²) in [5.41, 5.74) is 8.67. The molecule has 474 valence electrons. The molecule has 4 nitrogen and oxygen atoms in total. The highest BCUT2D eigenvalue weighted by Crippen LogP contribution is 2.46. The van der Waals surface area contributed by atoms with Gasteiger partial charge in [0, 0.05) is 20.5 Å². The summed E-state index contributed by atoms with van der Waals surface area (Å²) in [6.07, 6.45) is 49.1. The SMILES string of the molecule is C[NH+](C)CCCCCCCCCCCCCCCCCc1ccccc1.C[NH+](C)CCCCCCCCCCCCCCCCCc1ccccc1.Cc1ccc(C(CCCCCB([O-])[O-])(c2ccc(C)c(Cl)c2)c2ccc(C)c(Cl)c2)cc1Cl. The van der Waals surface area contributed by atoms with Gasteiger partial charge in [-0.3, -0.25) is 0 Å². The Kier molecular flexibility index (Phi) is 43.7. The number of aryl methyl sites for hydroxylation is 5. The molecule has 5 aromatic carbocycles. The van der Waals surface area contributed by atoms with Crippen molar-refractivity contribution in [2.45, 2.75) is 264 Å². The highest BCUT2D eigenvalue weighted by Gasteiger charge is 2.37. The third-order valence-electron chi connectivity index (χ3n) is 17.5. The fourth-order valence-electron chi connectivity index (χ4n) is 11.9. The Morgan fingerprint density at radius 3 is 0.847 bits per heavy atom. The zero-order chi connectivity index (χ0) is 61.6. The lowest BCUT2D eigenvalue weighted by Gasteiger charge is -2.37. The summed E-state index contributed by atoms with van der Waals surface area (Å²) in [5, 5.41) is 24.0. The zero-order valence-corrected chi connectivity index (χ0v) is 57.3. The van der Waals surface area contributed by atoms with Crippen LogP contribution in [0.15, 0.2) is 115 Å². The molecule has 0 aliphatic carbocycles. The maximum atomic E-state index is 11.0. The summed E-state index contributed by atoms with van der Waals surface area (Å²) in [6.45, 7) is 8.64. The predicted molar refractivity (Wildman–Crippen MR) is 372 cm³/mol. The summed E-state index contributed by atoms with van der Waals surface area (Å²) in [4.78, 5) is 3.19. The molecule has 0 unspecified atom stereocenters. The number of hydrogen-bond donors (Lipinski definition) is 2. The van der Waals surface area contributed by atoms with Crippen molar-refractivity contribution in [2.24, 2.45) is 0 Å². The molecule has 0 aliphatic rings. The second-order valence-corrected chi connectivity index (χ2v) is 27.0. The van der Waals surface area contributed by atoms with Crippen LogP contribution in [0, 0.1) is 20.8 Å². The molecule has 2 N–H and O–H groups in total. The van der Waals surface area contributed by atoms with Crippen LogP contribution in [-0.2, 0) is 18.3 Å². The minimum absolute atomic E-state index is 0.149. The molecular weight excluding hydrogens is 1100 g/mol. The van der Waals surface area contributed by atoms with Crippen molar-refractivity contribution in [1.29, 1.82) is 0 Å². The minimum Gasteiger partial charge on any atom is -0.893 e. The van der Waals surface area contributed by atoms with Crippen LogP contribution in [0.5, 0.6) is 0 Å². The summed E-state index contributed by atoms with van der Waals surface area (Å²) in [5.74, 6) is 0. The molecule has 85 heavy (non-hydrogen) atoms. The van der Waals surface area contributed by atoms with Gasteiger partial charge >= 0.3 is 0 Å². The van der Waals surface area contributed by atoms with E-state index in [4.69, 9.17) is 34.8 Å². The third kappa shape index (κ3) is 35.6. The number of benzene rings is 5. The summed E-state index contributed by atoms with van der Waals surface area (Å²) in [6, 6.07) is 40.4. The van der Waals surface area contributed by atoms with Gasteiger partial charge in [0.15, 0.2) is 0 Å². The Hall–Kier alpha value is -3.13. The first-order valence-corrected chi connectivity index (χ1v) is 35.6. The van der Waals surface area contributed by atoms with Crippen molar-refractivity contribution in [3.63, 3.8) is 0 Å². The number of nitrogens with one attached hydrogen (secondary N) is 2. The Labute approximate surface area is 538 Å². The molecule has 0 aliphatic heterocycles. The molecule has 0 heterocycles. The van der Waals surface area contributed by atoms with Crippen molar-refractivity contribution in [3.05, 3.63) is 175 Å². The maximum Gasteiger partial charge on any atom is 0.0766 e. The Bertz CT molecular complexity index is 2180. The van der Waals surface area contributed by atoms with Gasteiger partial charge in [-0.2, -0.15) is 0 Å².